The number of nitrogens with zero attached hydrogens (tertiary/aromatic N) is 2. The molecule has 102 valence electrons. The van der Waals surface area contributed by atoms with Crippen LogP contribution in [0.5, 0.6) is 0 Å². The van der Waals surface area contributed by atoms with Crippen LogP contribution in [0.15, 0.2) is 35.4 Å². The number of benzene rings is 1. The first kappa shape index (κ1) is 12.9. The van der Waals surface area contributed by atoms with E-state index in [2.05, 4.69) is 4.98 Å². The van der Waals surface area contributed by atoms with Crippen molar-refractivity contribution >= 4 is 28.4 Å². The number of hydrogen-bond acceptors (Lipinski definition) is 4. The van der Waals surface area contributed by atoms with Crippen LogP contribution in [0.25, 0.3) is 5.57 Å². The van der Waals surface area contributed by atoms with Crippen LogP contribution in [0.4, 0.5) is 5.69 Å². The molecule has 0 saturated heterocycles. The number of hydrogen-bond donors (Lipinski definition) is 2. The van der Waals surface area contributed by atoms with Gasteiger partial charge in [0, 0.05) is 16.8 Å². The highest BCUT2D eigenvalue weighted by atomic mass is 32.1. The number of thiazole rings is 1. The van der Waals surface area contributed by atoms with Gasteiger partial charge >= 0.3 is 0 Å². The molecule has 0 aliphatic carbocycles. The molecule has 0 radical (unpaired) electrons. The maximum Gasteiger partial charge on any atom is 0.139 e. The lowest BCUT2D eigenvalue weighted by atomic mass is 10.2. The van der Waals surface area contributed by atoms with E-state index in [1.807, 2.05) is 43.5 Å². The molecule has 0 bridgehead atoms. The van der Waals surface area contributed by atoms with E-state index in [0.717, 1.165) is 16.9 Å². The third-order valence-corrected chi connectivity index (χ3v) is 4.23. The molecule has 20 heavy (non-hydrogen) atoms. The van der Waals surface area contributed by atoms with Crippen LogP contribution >= 0.6 is 11.3 Å². The van der Waals surface area contributed by atoms with Crippen LogP contribution < -0.4 is 4.90 Å². The molecule has 2 heterocycles. The second-order valence-electron chi connectivity index (χ2n) is 4.89. The molecule has 0 unspecified atom stereocenters. The Balaban J connectivity index is 1.96. The standard InChI is InChI=1S/C15H15N3OS/c1-9-4-3-5-11(6-9)18-7-12(19)13(14(18)16)15-17-10(2)8-20-15/h3-6,8,16,19H,7H2,1-2H3. The van der Waals surface area contributed by atoms with Crippen LogP contribution in [0.1, 0.15) is 16.3 Å². The number of aromatic nitrogens is 1. The Morgan fingerprint density at radius 1 is 1.35 bits per heavy atom. The molecule has 0 atom stereocenters. The van der Waals surface area contributed by atoms with Crippen molar-refractivity contribution in [3.8, 4) is 0 Å². The summed E-state index contributed by atoms with van der Waals surface area (Å²) in [6, 6.07) is 7.94. The van der Waals surface area contributed by atoms with Crippen molar-refractivity contribution < 1.29 is 5.11 Å². The molecule has 0 fully saturated rings. The average Bonchev–Trinajstić information content (AvgIpc) is 2.93. The summed E-state index contributed by atoms with van der Waals surface area (Å²) in [6.45, 7) is 4.26. The Morgan fingerprint density at radius 2 is 2.15 bits per heavy atom. The second-order valence-corrected chi connectivity index (χ2v) is 5.75. The Bertz CT molecular complexity index is 717. The minimum absolute atomic E-state index is 0.214. The molecule has 1 aliphatic rings. The number of anilines is 1. The molecule has 3 rings (SSSR count). The topological polar surface area (TPSA) is 60.2 Å². The number of aliphatic hydroxyl groups excluding tert-OH is 1. The minimum Gasteiger partial charge on any atom is -0.510 e. The van der Waals surface area contributed by atoms with Crippen LogP contribution in [-0.2, 0) is 0 Å². The van der Waals surface area contributed by atoms with E-state index in [0.29, 0.717) is 23.0 Å². The normalized spacial score (nSPS) is 15.3. The highest BCUT2D eigenvalue weighted by Crippen LogP contribution is 2.32. The van der Waals surface area contributed by atoms with Crippen LogP contribution in [-0.4, -0.2) is 22.5 Å². The van der Waals surface area contributed by atoms with Crippen molar-refractivity contribution in [1.29, 1.82) is 5.41 Å². The first-order valence-electron chi connectivity index (χ1n) is 6.34. The summed E-state index contributed by atoms with van der Waals surface area (Å²) in [5.74, 6) is 0.522. The smallest absolute Gasteiger partial charge is 0.139 e. The predicted octanol–water partition coefficient (Wildman–Crippen LogP) is 3.53. The summed E-state index contributed by atoms with van der Waals surface area (Å²) in [7, 11) is 0. The van der Waals surface area contributed by atoms with E-state index in [9.17, 15) is 5.11 Å². The van der Waals surface area contributed by atoms with E-state index in [1.165, 1.54) is 11.3 Å². The van der Waals surface area contributed by atoms with E-state index in [1.54, 1.807) is 4.90 Å². The molecule has 5 heteroatoms. The van der Waals surface area contributed by atoms with Crippen molar-refractivity contribution in [2.24, 2.45) is 0 Å². The summed E-state index contributed by atoms with van der Waals surface area (Å²) in [4.78, 5) is 6.17. The molecule has 1 aliphatic heterocycles. The molecule has 0 saturated carbocycles. The Labute approximate surface area is 121 Å². The quantitative estimate of drug-likeness (QED) is 0.887. The third-order valence-electron chi connectivity index (χ3n) is 3.25. The van der Waals surface area contributed by atoms with Gasteiger partial charge in [-0.05, 0) is 31.5 Å². The maximum atomic E-state index is 10.2. The van der Waals surface area contributed by atoms with Gasteiger partial charge in [-0.25, -0.2) is 4.98 Å². The van der Waals surface area contributed by atoms with Gasteiger partial charge < -0.3 is 10.0 Å². The number of aryl methyl sites for hydroxylation is 2. The van der Waals surface area contributed by atoms with Crippen LogP contribution in [0.3, 0.4) is 0 Å². The largest absolute Gasteiger partial charge is 0.510 e. The maximum absolute atomic E-state index is 10.2. The Kier molecular flexibility index (Phi) is 3.06. The van der Waals surface area contributed by atoms with Gasteiger partial charge in [0.2, 0.25) is 0 Å². The molecule has 1 aromatic heterocycles. The molecule has 0 amide bonds. The summed E-state index contributed by atoms with van der Waals surface area (Å²) in [5.41, 5.74) is 3.51. The summed E-state index contributed by atoms with van der Waals surface area (Å²) in [6.07, 6.45) is 0. The highest BCUT2D eigenvalue weighted by molar-refractivity contribution is 7.11. The molecular weight excluding hydrogens is 270 g/mol. The van der Waals surface area contributed by atoms with Gasteiger partial charge in [-0.3, -0.25) is 5.41 Å². The zero-order valence-corrected chi connectivity index (χ0v) is 12.2. The lowest BCUT2D eigenvalue weighted by molar-refractivity contribution is 0.411. The first-order chi connectivity index (χ1) is 9.56. The van der Waals surface area contributed by atoms with Gasteiger partial charge in [0.1, 0.15) is 16.6 Å². The van der Waals surface area contributed by atoms with Crippen LogP contribution in [0.2, 0.25) is 0 Å². The molecule has 4 nitrogen and oxygen atoms in total. The molecule has 1 aromatic carbocycles. The van der Waals surface area contributed by atoms with Crippen molar-refractivity contribution in [1.82, 2.24) is 4.98 Å². The van der Waals surface area contributed by atoms with Gasteiger partial charge in [0.15, 0.2) is 0 Å². The zero-order chi connectivity index (χ0) is 14.3. The number of amidine groups is 1. The lowest BCUT2D eigenvalue weighted by Crippen LogP contribution is -2.26. The van der Waals surface area contributed by atoms with E-state index in [4.69, 9.17) is 5.41 Å². The summed E-state index contributed by atoms with van der Waals surface area (Å²) < 4.78 is 0. The average molecular weight is 285 g/mol. The minimum atomic E-state index is 0.214. The molecule has 0 spiro atoms. The number of aliphatic hydroxyl groups is 1. The highest BCUT2D eigenvalue weighted by Gasteiger charge is 2.30. The molecule has 2 aromatic rings. The van der Waals surface area contributed by atoms with Gasteiger partial charge in [-0.2, -0.15) is 0 Å². The summed E-state index contributed by atoms with van der Waals surface area (Å²) in [5, 5.41) is 21.1. The monoisotopic (exact) mass is 285 g/mol. The first-order valence-corrected chi connectivity index (χ1v) is 7.22. The zero-order valence-electron chi connectivity index (χ0n) is 11.3. The lowest BCUT2D eigenvalue weighted by Gasteiger charge is -2.18. The Morgan fingerprint density at radius 3 is 2.80 bits per heavy atom. The fourth-order valence-electron chi connectivity index (χ4n) is 2.29. The van der Waals surface area contributed by atoms with E-state index >= 15 is 0 Å². The molecular formula is C15H15N3OS. The third kappa shape index (κ3) is 2.10. The van der Waals surface area contributed by atoms with Gasteiger partial charge in [0.05, 0.1) is 12.1 Å². The van der Waals surface area contributed by atoms with E-state index < -0.39 is 0 Å². The fraction of sp³-hybridized carbons (Fsp3) is 0.200. The van der Waals surface area contributed by atoms with Crippen molar-refractivity contribution in [2.75, 3.05) is 11.4 Å². The summed E-state index contributed by atoms with van der Waals surface area (Å²) >= 11 is 1.46. The van der Waals surface area contributed by atoms with Gasteiger partial charge in [-0.1, -0.05) is 12.1 Å². The van der Waals surface area contributed by atoms with E-state index in [-0.39, 0.29) is 5.76 Å². The Hall–Kier alpha value is -2.14. The van der Waals surface area contributed by atoms with Crippen LogP contribution in [0, 0.1) is 19.3 Å². The second kappa shape index (κ2) is 4.76. The van der Waals surface area contributed by atoms with Crippen molar-refractivity contribution in [3.63, 3.8) is 0 Å². The SMILES string of the molecule is Cc1cccc(N2CC(O)=C(c3nc(C)cs3)C2=N)c1. The van der Waals surface area contributed by atoms with Gasteiger partial charge in [-0.15, -0.1) is 11.3 Å². The fourth-order valence-corrected chi connectivity index (χ4v) is 3.15. The predicted molar refractivity (Wildman–Crippen MR) is 82.7 cm³/mol. The van der Waals surface area contributed by atoms with Crippen molar-refractivity contribution in [2.45, 2.75) is 13.8 Å². The van der Waals surface area contributed by atoms with Gasteiger partial charge in [0.25, 0.3) is 0 Å². The number of nitrogens with one attached hydrogen (secondary N) is 1. The number of rotatable bonds is 2. The van der Waals surface area contributed by atoms with Crippen molar-refractivity contribution in [3.05, 3.63) is 51.7 Å². The molecule has 2 N–H and O–H groups in total.